The molecule has 1 aromatic rings. The van der Waals surface area contributed by atoms with Crippen molar-refractivity contribution in [2.75, 3.05) is 6.54 Å². The summed E-state index contributed by atoms with van der Waals surface area (Å²) in [6, 6.07) is 7.01. The Morgan fingerprint density at radius 2 is 2.04 bits per heavy atom. The summed E-state index contributed by atoms with van der Waals surface area (Å²) in [5, 5.41) is 24.5. The molecule has 1 aliphatic rings. The van der Waals surface area contributed by atoms with E-state index in [0.29, 0.717) is 22.9 Å². The largest absolute Gasteiger partial charge is 0.387 e. The first-order chi connectivity index (χ1) is 11.3. The molecule has 1 aliphatic carbocycles. The molecule has 0 radical (unpaired) electrons. The molecule has 1 amide bonds. The third kappa shape index (κ3) is 4.11. The normalized spacial score (nSPS) is 28.6. The molecule has 4 nitrogen and oxygen atoms in total. The molecule has 1 unspecified atom stereocenters. The maximum absolute atomic E-state index is 12.7. The molecule has 0 saturated heterocycles. The molecule has 3 N–H and O–H groups in total. The number of benzene rings is 1. The summed E-state index contributed by atoms with van der Waals surface area (Å²) in [6.07, 6.45) is 1.44. The lowest BCUT2D eigenvalue weighted by Crippen LogP contribution is -2.56. The zero-order chi connectivity index (χ0) is 17.9. The highest BCUT2D eigenvalue weighted by Gasteiger charge is 2.48. The molecule has 4 atom stereocenters. The third-order valence-corrected chi connectivity index (χ3v) is 5.51. The third-order valence-electron chi connectivity index (χ3n) is 5.16. The zero-order valence-corrected chi connectivity index (χ0v) is 15.4. The van der Waals surface area contributed by atoms with E-state index in [-0.39, 0.29) is 24.3 Å². The van der Waals surface area contributed by atoms with Gasteiger partial charge in [-0.3, -0.25) is 4.79 Å². The number of rotatable bonds is 5. The monoisotopic (exact) mass is 353 g/mol. The van der Waals surface area contributed by atoms with Gasteiger partial charge in [0.15, 0.2) is 0 Å². The first kappa shape index (κ1) is 19.2. The van der Waals surface area contributed by atoms with E-state index < -0.39 is 11.7 Å². The van der Waals surface area contributed by atoms with Gasteiger partial charge in [0.2, 0.25) is 0 Å². The average molecular weight is 354 g/mol. The Balaban J connectivity index is 2.05. The second-order valence-corrected chi connectivity index (χ2v) is 7.82. The molecular weight excluding hydrogens is 326 g/mol. The van der Waals surface area contributed by atoms with Gasteiger partial charge in [0.25, 0.3) is 5.91 Å². The fourth-order valence-electron chi connectivity index (χ4n) is 3.83. The Hall–Kier alpha value is -1.10. The molecular formula is C19H28ClNO3. The van der Waals surface area contributed by atoms with Crippen molar-refractivity contribution in [2.45, 2.75) is 51.7 Å². The number of halogens is 1. The van der Waals surface area contributed by atoms with Gasteiger partial charge in [-0.05, 0) is 36.7 Å². The van der Waals surface area contributed by atoms with E-state index in [0.717, 1.165) is 12.8 Å². The number of carbonyl (C=O) groups excluding carboxylic acids is 1. The number of amides is 1. The van der Waals surface area contributed by atoms with Gasteiger partial charge in [0.05, 0.1) is 6.10 Å². The lowest BCUT2D eigenvalue weighted by Gasteiger charge is -2.43. The first-order valence-corrected chi connectivity index (χ1v) is 9.06. The van der Waals surface area contributed by atoms with E-state index in [1.807, 2.05) is 13.8 Å². The molecule has 0 bridgehead atoms. The number of aliphatic hydroxyl groups is 2. The molecule has 24 heavy (non-hydrogen) atoms. The van der Waals surface area contributed by atoms with E-state index in [4.69, 9.17) is 11.6 Å². The van der Waals surface area contributed by atoms with Gasteiger partial charge in [-0.15, -0.1) is 0 Å². The highest BCUT2D eigenvalue weighted by Crippen LogP contribution is 2.41. The van der Waals surface area contributed by atoms with Crippen LogP contribution in [0.5, 0.6) is 0 Å². The van der Waals surface area contributed by atoms with E-state index in [1.54, 1.807) is 24.3 Å². The Labute approximate surface area is 149 Å². The molecule has 0 heterocycles. The minimum Gasteiger partial charge on any atom is -0.387 e. The molecule has 0 aromatic heterocycles. The number of carbonyl (C=O) groups is 1. The van der Waals surface area contributed by atoms with Crippen molar-refractivity contribution >= 4 is 17.5 Å². The van der Waals surface area contributed by atoms with Crippen LogP contribution in [0.4, 0.5) is 0 Å². The van der Waals surface area contributed by atoms with Crippen molar-refractivity contribution in [1.29, 1.82) is 0 Å². The average Bonchev–Trinajstić information content (AvgIpc) is 2.52. The molecule has 1 saturated carbocycles. The van der Waals surface area contributed by atoms with Gasteiger partial charge in [-0.25, -0.2) is 0 Å². The zero-order valence-electron chi connectivity index (χ0n) is 14.6. The predicted octanol–water partition coefficient (Wildman–Crippen LogP) is 3.31. The number of hydrogen-bond acceptors (Lipinski definition) is 3. The van der Waals surface area contributed by atoms with Crippen LogP contribution in [0, 0.1) is 17.8 Å². The van der Waals surface area contributed by atoms with Crippen molar-refractivity contribution in [3.05, 3.63) is 34.9 Å². The quantitative estimate of drug-likeness (QED) is 0.760. The van der Waals surface area contributed by atoms with Crippen molar-refractivity contribution in [3.8, 4) is 0 Å². The molecule has 2 rings (SSSR count). The first-order valence-electron chi connectivity index (χ1n) is 8.69. The van der Waals surface area contributed by atoms with Gasteiger partial charge < -0.3 is 15.5 Å². The Kier molecular flexibility index (Phi) is 6.29. The highest BCUT2D eigenvalue weighted by atomic mass is 35.5. The maximum atomic E-state index is 12.7. The van der Waals surface area contributed by atoms with Crippen LogP contribution >= 0.6 is 11.6 Å². The van der Waals surface area contributed by atoms with Gasteiger partial charge in [0, 0.05) is 17.1 Å². The molecule has 5 heteroatoms. The lowest BCUT2D eigenvalue weighted by atomic mass is 9.66. The summed E-state index contributed by atoms with van der Waals surface area (Å²) < 4.78 is 0. The van der Waals surface area contributed by atoms with Crippen LogP contribution < -0.4 is 5.32 Å². The Morgan fingerprint density at radius 3 is 2.67 bits per heavy atom. The molecule has 1 fully saturated rings. The molecule has 134 valence electrons. The van der Waals surface area contributed by atoms with E-state index in [9.17, 15) is 15.0 Å². The smallest absolute Gasteiger partial charge is 0.252 e. The van der Waals surface area contributed by atoms with E-state index in [2.05, 4.69) is 12.2 Å². The molecule has 1 aromatic carbocycles. The minimum atomic E-state index is -1.37. The van der Waals surface area contributed by atoms with Crippen molar-refractivity contribution < 1.29 is 15.0 Å². The molecule has 0 aliphatic heterocycles. The van der Waals surface area contributed by atoms with Crippen LogP contribution in [0.2, 0.25) is 5.02 Å². The van der Waals surface area contributed by atoms with Crippen molar-refractivity contribution in [3.63, 3.8) is 0 Å². The van der Waals surface area contributed by atoms with Crippen LogP contribution in [0.25, 0.3) is 0 Å². The summed E-state index contributed by atoms with van der Waals surface area (Å²) in [7, 11) is 0. The fourth-order valence-corrected chi connectivity index (χ4v) is 4.09. The number of nitrogens with one attached hydrogen (secondary N) is 1. The lowest BCUT2D eigenvalue weighted by molar-refractivity contribution is -0.156. The summed E-state index contributed by atoms with van der Waals surface area (Å²) >= 11 is 6.07. The van der Waals surface area contributed by atoms with Crippen LogP contribution in [-0.4, -0.2) is 28.3 Å². The van der Waals surface area contributed by atoms with Gasteiger partial charge in [0.1, 0.15) is 5.60 Å². The second kappa shape index (κ2) is 7.85. The maximum Gasteiger partial charge on any atom is 0.252 e. The van der Waals surface area contributed by atoms with Gasteiger partial charge in [-0.2, -0.15) is 0 Å². The Bertz CT molecular complexity index is 577. The minimum absolute atomic E-state index is 0.0318. The highest BCUT2D eigenvalue weighted by molar-refractivity contribution is 6.31. The summed E-state index contributed by atoms with van der Waals surface area (Å²) in [4.78, 5) is 12.7. The van der Waals surface area contributed by atoms with Gasteiger partial charge in [-0.1, -0.05) is 57.0 Å². The van der Waals surface area contributed by atoms with Crippen molar-refractivity contribution in [1.82, 2.24) is 5.32 Å². The Morgan fingerprint density at radius 1 is 1.38 bits per heavy atom. The van der Waals surface area contributed by atoms with Crippen LogP contribution in [0.1, 0.15) is 51.7 Å². The van der Waals surface area contributed by atoms with Crippen LogP contribution in [-0.2, 0) is 4.79 Å². The second-order valence-electron chi connectivity index (χ2n) is 7.41. The van der Waals surface area contributed by atoms with E-state index in [1.165, 1.54) is 0 Å². The van der Waals surface area contributed by atoms with Crippen LogP contribution in [0.3, 0.4) is 0 Å². The molecule has 0 spiro atoms. The van der Waals surface area contributed by atoms with E-state index >= 15 is 0 Å². The topological polar surface area (TPSA) is 69.6 Å². The number of hydrogen-bond donors (Lipinski definition) is 3. The SMILES string of the molecule is CC(C)[C@@H]1CC[C@@H](C)C[C@@]1(O)C(=O)NCC(O)c1ccccc1Cl. The summed E-state index contributed by atoms with van der Waals surface area (Å²) in [5.41, 5.74) is -0.796. The fraction of sp³-hybridized carbons (Fsp3) is 0.632. The summed E-state index contributed by atoms with van der Waals surface area (Å²) in [5.74, 6) is 0.0796. The van der Waals surface area contributed by atoms with Gasteiger partial charge >= 0.3 is 0 Å². The van der Waals surface area contributed by atoms with Crippen LogP contribution in [0.15, 0.2) is 24.3 Å². The van der Waals surface area contributed by atoms with Crippen molar-refractivity contribution in [2.24, 2.45) is 17.8 Å². The number of aliphatic hydroxyl groups excluding tert-OH is 1. The predicted molar refractivity (Wildman–Crippen MR) is 95.7 cm³/mol. The standard InChI is InChI=1S/C19H28ClNO3/c1-12(2)15-9-8-13(3)10-19(15,24)18(23)21-11-17(22)14-6-4-5-7-16(14)20/h4-7,12-13,15,17,22,24H,8-11H2,1-3H3,(H,21,23)/t13-,15+,17?,19+/m1/s1. The summed E-state index contributed by atoms with van der Waals surface area (Å²) in [6.45, 7) is 6.17.